The molecular formula is C26H36N2O. The Bertz CT molecular complexity index is 738. The minimum absolute atomic E-state index is 0.0501. The van der Waals surface area contributed by atoms with E-state index < -0.39 is 0 Å². The maximum Gasteiger partial charge on any atom is 0.240 e. The van der Waals surface area contributed by atoms with Crippen LogP contribution < -0.4 is 0 Å². The van der Waals surface area contributed by atoms with Gasteiger partial charge in [0.15, 0.2) is 0 Å². The molecule has 0 aromatic heterocycles. The van der Waals surface area contributed by atoms with Gasteiger partial charge in [-0.25, -0.2) is 0 Å². The molecule has 3 heteroatoms. The van der Waals surface area contributed by atoms with Crippen LogP contribution in [-0.4, -0.2) is 41.9 Å². The fourth-order valence-corrected chi connectivity index (χ4v) is 4.55. The first-order valence-electron chi connectivity index (χ1n) is 11.1. The highest BCUT2D eigenvalue weighted by Crippen LogP contribution is 2.25. The molecule has 1 aliphatic rings. The Hall–Kier alpha value is -2.13. The van der Waals surface area contributed by atoms with Crippen molar-refractivity contribution < 1.29 is 4.79 Å². The summed E-state index contributed by atoms with van der Waals surface area (Å²) < 4.78 is 0. The third-order valence-electron chi connectivity index (χ3n) is 6.48. The van der Waals surface area contributed by atoms with Crippen molar-refractivity contribution in [1.82, 2.24) is 9.80 Å². The summed E-state index contributed by atoms with van der Waals surface area (Å²) in [7, 11) is 2.10. The van der Waals surface area contributed by atoms with Crippen LogP contribution in [-0.2, 0) is 17.8 Å². The van der Waals surface area contributed by atoms with Gasteiger partial charge in [0.1, 0.15) is 0 Å². The van der Waals surface area contributed by atoms with E-state index in [1.54, 1.807) is 0 Å². The molecule has 0 bridgehead atoms. The number of carbonyl (C=O) groups excluding carboxylic acids is 1. The van der Waals surface area contributed by atoms with Gasteiger partial charge in [-0.2, -0.15) is 0 Å². The van der Waals surface area contributed by atoms with Crippen LogP contribution in [0.3, 0.4) is 0 Å². The van der Waals surface area contributed by atoms with E-state index in [-0.39, 0.29) is 6.04 Å². The van der Waals surface area contributed by atoms with Crippen LogP contribution in [0.5, 0.6) is 0 Å². The van der Waals surface area contributed by atoms with E-state index in [4.69, 9.17) is 0 Å². The maximum atomic E-state index is 13.5. The van der Waals surface area contributed by atoms with Gasteiger partial charge in [0.25, 0.3) is 0 Å². The Labute approximate surface area is 176 Å². The Morgan fingerprint density at radius 1 is 1.00 bits per heavy atom. The Morgan fingerprint density at radius 2 is 1.55 bits per heavy atom. The largest absolute Gasteiger partial charge is 0.341 e. The highest BCUT2D eigenvalue weighted by Gasteiger charge is 2.33. The summed E-state index contributed by atoms with van der Waals surface area (Å²) in [4.78, 5) is 17.9. The summed E-state index contributed by atoms with van der Waals surface area (Å²) in [5, 5.41) is 0. The quantitative estimate of drug-likeness (QED) is 0.630. The SMILES string of the molecule is CCC(C)[C@@H](C(=O)N1CCC(Cc2ccccc2)CC1)N(C)Cc1ccccc1. The second-order valence-corrected chi connectivity index (χ2v) is 8.69. The number of amides is 1. The van der Waals surface area contributed by atoms with Crippen molar-refractivity contribution in [2.75, 3.05) is 20.1 Å². The minimum Gasteiger partial charge on any atom is -0.341 e. The van der Waals surface area contributed by atoms with E-state index in [2.05, 4.69) is 85.3 Å². The van der Waals surface area contributed by atoms with Gasteiger partial charge in [-0.05, 0) is 49.3 Å². The minimum atomic E-state index is -0.0501. The summed E-state index contributed by atoms with van der Waals surface area (Å²) in [6.45, 7) is 7.00. The molecule has 0 radical (unpaired) electrons. The zero-order valence-electron chi connectivity index (χ0n) is 18.3. The van der Waals surface area contributed by atoms with E-state index in [1.807, 2.05) is 6.07 Å². The number of hydrogen-bond donors (Lipinski definition) is 0. The molecule has 3 rings (SSSR count). The smallest absolute Gasteiger partial charge is 0.240 e. The first-order chi connectivity index (χ1) is 14.1. The molecule has 29 heavy (non-hydrogen) atoms. The lowest BCUT2D eigenvalue weighted by Crippen LogP contribution is -2.52. The molecule has 1 heterocycles. The predicted octanol–water partition coefficient (Wildman–Crippen LogP) is 5.01. The van der Waals surface area contributed by atoms with E-state index >= 15 is 0 Å². The van der Waals surface area contributed by atoms with E-state index in [9.17, 15) is 4.79 Å². The second-order valence-electron chi connectivity index (χ2n) is 8.69. The lowest BCUT2D eigenvalue weighted by atomic mass is 9.89. The number of likely N-dealkylation sites (N-methyl/N-ethyl adjacent to an activating group) is 1. The number of likely N-dealkylation sites (tertiary alicyclic amines) is 1. The highest BCUT2D eigenvalue weighted by atomic mass is 16.2. The number of benzene rings is 2. The molecule has 1 saturated heterocycles. The normalized spacial score (nSPS) is 17.3. The first kappa shape index (κ1) is 21.6. The predicted molar refractivity (Wildman–Crippen MR) is 121 cm³/mol. The van der Waals surface area contributed by atoms with Gasteiger partial charge in [-0.15, -0.1) is 0 Å². The highest BCUT2D eigenvalue weighted by molar-refractivity contribution is 5.82. The van der Waals surface area contributed by atoms with Crippen LogP contribution in [0, 0.1) is 11.8 Å². The van der Waals surface area contributed by atoms with Gasteiger partial charge in [-0.1, -0.05) is 80.9 Å². The molecule has 1 amide bonds. The number of rotatable bonds is 8. The Balaban J connectivity index is 1.59. The fraction of sp³-hybridized carbons (Fsp3) is 0.500. The second kappa shape index (κ2) is 10.6. The molecule has 2 aromatic carbocycles. The molecule has 0 spiro atoms. The Morgan fingerprint density at radius 3 is 2.10 bits per heavy atom. The van der Waals surface area contributed by atoms with Crippen molar-refractivity contribution in [2.24, 2.45) is 11.8 Å². The molecule has 0 aliphatic carbocycles. The van der Waals surface area contributed by atoms with E-state index in [0.29, 0.717) is 17.7 Å². The summed E-state index contributed by atoms with van der Waals surface area (Å²) in [6.07, 6.45) is 4.36. The van der Waals surface area contributed by atoms with Gasteiger partial charge in [-0.3, -0.25) is 9.69 Å². The van der Waals surface area contributed by atoms with Crippen molar-refractivity contribution in [3.05, 3.63) is 71.8 Å². The van der Waals surface area contributed by atoms with Crippen LogP contribution >= 0.6 is 0 Å². The van der Waals surface area contributed by atoms with Crippen molar-refractivity contribution in [1.29, 1.82) is 0 Å². The summed E-state index contributed by atoms with van der Waals surface area (Å²) in [5.74, 6) is 1.35. The van der Waals surface area contributed by atoms with Crippen LogP contribution in [0.15, 0.2) is 60.7 Å². The van der Waals surface area contributed by atoms with Crippen LogP contribution in [0.1, 0.15) is 44.2 Å². The number of carbonyl (C=O) groups is 1. The maximum absolute atomic E-state index is 13.5. The molecular weight excluding hydrogens is 356 g/mol. The molecule has 2 aromatic rings. The average Bonchev–Trinajstić information content (AvgIpc) is 2.75. The first-order valence-corrected chi connectivity index (χ1v) is 11.1. The van der Waals surface area contributed by atoms with Gasteiger partial charge >= 0.3 is 0 Å². The molecule has 1 aliphatic heterocycles. The molecule has 1 unspecified atom stereocenters. The average molecular weight is 393 g/mol. The zero-order valence-corrected chi connectivity index (χ0v) is 18.3. The van der Waals surface area contributed by atoms with Crippen LogP contribution in [0.4, 0.5) is 0 Å². The molecule has 0 N–H and O–H groups in total. The van der Waals surface area contributed by atoms with Gasteiger partial charge < -0.3 is 4.90 Å². The zero-order chi connectivity index (χ0) is 20.6. The standard InChI is InChI=1S/C26H36N2O/c1-4-21(2)25(27(3)20-24-13-9-6-10-14-24)26(29)28-17-15-23(16-18-28)19-22-11-7-5-8-12-22/h5-14,21,23,25H,4,15-20H2,1-3H3/t21?,25-/m0/s1. The van der Waals surface area contributed by atoms with Crippen molar-refractivity contribution >= 4 is 5.91 Å². The van der Waals surface area contributed by atoms with Gasteiger partial charge in [0.2, 0.25) is 5.91 Å². The van der Waals surface area contributed by atoms with E-state index in [1.165, 1.54) is 11.1 Å². The van der Waals surface area contributed by atoms with E-state index in [0.717, 1.165) is 45.3 Å². The van der Waals surface area contributed by atoms with Crippen molar-refractivity contribution in [3.63, 3.8) is 0 Å². The van der Waals surface area contributed by atoms with Crippen LogP contribution in [0.2, 0.25) is 0 Å². The molecule has 0 saturated carbocycles. The third-order valence-corrected chi connectivity index (χ3v) is 6.48. The van der Waals surface area contributed by atoms with Crippen LogP contribution in [0.25, 0.3) is 0 Å². The number of nitrogens with zero attached hydrogens (tertiary/aromatic N) is 2. The van der Waals surface area contributed by atoms with Crippen molar-refractivity contribution in [2.45, 2.75) is 52.1 Å². The van der Waals surface area contributed by atoms with Crippen molar-refractivity contribution in [3.8, 4) is 0 Å². The van der Waals surface area contributed by atoms with Gasteiger partial charge in [0.05, 0.1) is 6.04 Å². The summed E-state index contributed by atoms with van der Waals surface area (Å²) in [5.41, 5.74) is 2.68. The number of hydrogen-bond acceptors (Lipinski definition) is 2. The molecule has 156 valence electrons. The Kier molecular flexibility index (Phi) is 7.88. The lowest BCUT2D eigenvalue weighted by Gasteiger charge is -2.39. The number of piperidine rings is 1. The lowest BCUT2D eigenvalue weighted by molar-refractivity contribution is -0.140. The summed E-state index contributed by atoms with van der Waals surface area (Å²) >= 11 is 0. The summed E-state index contributed by atoms with van der Waals surface area (Å²) in [6, 6.07) is 21.2. The topological polar surface area (TPSA) is 23.6 Å². The monoisotopic (exact) mass is 392 g/mol. The molecule has 3 nitrogen and oxygen atoms in total. The molecule has 1 fully saturated rings. The van der Waals surface area contributed by atoms with Gasteiger partial charge in [0, 0.05) is 19.6 Å². The molecule has 2 atom stereocenters. The fourth-order valence-electron chi connectivity index (χ4n) is 4.55. The third kappa shape index (κ3) is 5.93.